The average Bonchev–Trinajstić information content (AvgIpc) is 2.83. The smallest absolute Gasteiger partial charge is 0.266 e. The number of aromatic nitrogens is 4. The van der Waals surface area contributed by atoms with E-state index in [0.29, 0.717) is 5.16 Å². The highest BCUT2D eigenvalue weighted by Gasteiger charge is 2.21. The lowest BCUT2D eigenvalue weighted by atomic mass is 10.2. The summed E-state index contributed by atoms with van der Waals surface area (Å²) < 4.78 is 1.07. The molecule has 0 fully saturated rings. The molecule has 0 amide bonds. The van der Waals surface area contributed by atoms with Crippen LogP contribution in [0.3, 0.4) is 0 Å². The quantitative estimate of drug-likeness (QED) is 0.440. The van der Waals surface area contributed by atoms with E-state index in [0.717, 1.165) is 4.52 Å². The Bertz CT molecular complexity index is 919. The zero-order chi connectivity index (χ0) is 14.4. The highest BCUT2D eigenvalue weighted by molar-refractivity contribution is 7.98. The highest BCUT2D eigenvalue weighted by atomic mass is 35.5. The highest BCUT2D eigenvalue weighted by Crippen LogP contribution is 2.27. The fourth-order valence-electron chi connectivity index (χ4n) is 1.86. The van der Waals surface area contributed by atoms with Gasteiger partial charge in [0.1, 0.15) is 10.9 Å². The number of nitrogens with zero attached hydrogens (tertiary/aromatic N) is 4. The van der Waals surface area contributed by atoms with E-state index in [1.807, 2.05) is 0 Å². The third-order valence-corrected chi connectivity index (χ3v) is 3.61. The molecule has 3 rings (SSSR count). The minimum Gasteiger partial charge on any atom is -0.266 e. The van der Waals surface area contributed by atoms with Crippen LogP contribution >= 0.6 is 23.4 Å². The Morgan fingerprint density at radius 1 is 1.45 bits per heavy atom. The summed E-state index contributed by atoms with van der Waals surface area (Å²) in [5.41, 5.74) is -0.867. The molecule has 0 aliphatic carbocycles. The van der Waals surface area contributed by atoms with Crippen LogP contribution in [0.4, 0.5) is 5.69 Å². The van der Waals surface area contributed by atoms with Crippen molar-refractivity contribution in [2.75, 3.05) is 6.26 Å². The third kappa shape index (κ3) is 1.74. The Morgan fingerprint density at radius 3 is 2.85 bits per heavy atom. The summed E-state index contributed by atoms with van der Waals surface area (Å²) in [6.45, 7) is 0. The Kier molecular flexibility index (Phi) is 2.87. The molecule has 1 aromatic carbocycles. The van der Waals surface area contributed by atoms with Crippen molar-refractivity contribution in [2.45, 2.75) is 5.16 Å². The van der Waals surface area contributed by atoms with Crippen molar-refractivity contribution in [3.8, 4) is 0 Å². The second-order valence-electron chi connectivity index (χ2n) is 3.83. The van der Waals surface area contributed by atoms with Crippen LogP contribution in [0.15, 0.2) is 22.1 Å². The number of hydrogen-bond donors (Lipinski definition) is 1. The first kappa shape index (κ1) is 12.9. The zero-order valence-electron chi connectivity index (χ0n) is 9.95. The molecule has 2 aromatic heterocycles. The summed E-state index contributed by atoms with van der Waals surface area (Å²) in [6, 6.07) is 2.53. The minimum absolute atomic E-state index is 0.0741. The maximum absolute atomic E-state index is 12.4. The van der Waals surface area contributed by atoms with Crippen LogP contribution in [-0.2, 0) is 0 Å². The first-order valence-electron chi connectivity index (χ1n) is 5.32. The number of H-pyrrole nitrogens is 1. The molecule has 3 aromatic rings. The number of benzene rings is 1. The molecule has 0 saturated heterocycles. The normalized spacial score (nSPS) is 11.3. The Labute approximate surface area is 119 Å². The minimum atomic E-state index is -0.639. The molecule has 0 aliphatic rings. The van der Waals surface area contributed by atoms with Crippen LogP contribution in [0.2, 0.25) is 5.02 Å². The Balaban J connectivity index is 2.57. The number of nitrogens with one attached hydrogen (secondary N) is 1. The lowest BCUT2D eigenvalue weighted by Crippen LogP contribution is -2.17. The molecule has 10 heteroatoms. The summed E-state index contributed by atoms with van der Waals surface area (Å²) >= 11 is 7.26. The number of thioether (sulfide) groups is 1. The van der Waals surface area contributed by atoms with Gasteiger partial charge in [0.15, 0.2) is 5.16 Å². The molecular weight excluding hydrogens is 306 g/mol. The van der Waals surface area contributed by atoms with E-state index in [4.69, 9.17) is 11.6 Å². The van der Waals surface area contributed by atoms with Crippen LogP contribution in [-0.4, -0.2) is 30.8 Å². The van der Waals surface area contributed by atoms with Crippen molar-refractivity contribution < 1.29 is 4.92 Å². The second kappa shape index (κ2) is 4.46. The van der Waals surface area contributed by atoms with Crippen LogP contribution in [0.5, 0.6) is 0 Å². The molecule has 0 atom stereocenters. The van der Waals surface area contributed by atoms with E-state index in [1.54, 1.807) is 6.26 Å². The van der Waals surface area contributed by atoms with Gasteiger partial charge in [-0.2, -0.15) is 9.50 Å². The molecule has 2 heterocycles. The van der Waals surface area contributed by atoms with Gasteiger partial charge in [-0.15, -0.1) is 0 Å². The van der Waals surface area contributed by atoms with Gasteiger partial charge < -0.3 is 0 Å². The molecule has 0 aliphatic heterocycles. The van der Waals surface area contributed by atoms with Gasteiger partial charge in [0.05, 0.1) is 9.95 Å². The first-order valence-corrected chi connectivity index (χ1v) is 6.92. The zero-order valence-corrected chi connectivity index (χ0v) is 11.5. The van der Waals surface area contributed by atoms with Gasteiger partial charge >= 0.3 is 0 Å². The molecule has 0 radical (unpaired) electrons. The predicted molar refractivity (Wildman–Crippen MR) is 74.6 cm³/mol. The number of nitro groups is 1. The SMILES string of the molecule is CSc1nc2nc3c(Cl)ccc([N+](=O)[O-])c3c(=O)n2[nH]1. The molecule has 0 bridgehead atoms. The average molecular weight is 312 g/mol. The van der Waals surface area contributed by atoms with Gasteiger partial charge in [-0.25, -0.2) is 4.98 Å². The summed E-state index contributed by atoms with van der Waals surface area (Å²) in [6.07, 6.45) is 1.78. The molecule has 1 N–H and O–H groups in total. The maximum Gasteiger partial charge on any atom is 0.288 e. The van der Waals surface area contributed by atoms with Crippen molar-refractivity contribution in [3.05, 3.63) is 37.6 Å². The molecular formula is C10H6ClN5O3S. The number of hydrogen-bond acceptors (Lipinski definition) is 6. The van der Waals surface area contributed by atoms with Gasteiger partial charge in [-0.3, -0.25) is 20.0 Å². The van der Waals surface area contributed by atoms with E-state index in [-0.39, 0.29) is 27.4 Å². The van der Waals surface area contributed by atoms with Gasteiger partial charge in [0.2, 0.25) is 0 Å². The second-order valence-corrected chi connectivity index (χ2v) is 5.03. The van der Waals surface area contributed by atoms with Crippen molar-refractivity contribution in [1.29, 1.82) is 0 Å². The fraction of sp³-hybridized carbons (Fsp3) is 0.100. The summed E-state index contributed by atoms with van der Waals surface area (Å²) in [5, 5.41) is 14.3. The molecule has 102 valence electrons. The number of non-ortho nitro benzene ring substituents is 1. The standard InChI is InChI=1S/C10H6ClN5O3S/c1-20-10-13-9-12-7-4(11)2-3-5(16(18)19)6(7)8(17)15(9)14-10/h2-3H,1H3,(H,12,13,14). The number of rotatable bonds is 2. The Morgan fingerprint density at radius 2 is 2.20 bits per heavy atom. The Hall–Kier alpha value is -2.13. The van der Waals surface area contributed by atoms with E-state index >= 15 is 0 Å². The lowest BCUT2D eigenvalue weighted by molar-refractivity contribution is -0.383. The van der Waals surface area contributed by atoms with Crippen molar-refractivity contribution in [3.63, 3.8) is 0 Å². The maximum atomic E-state index is 12.4. The van der Waals surface area contributed by atoms with Crippen LogP contribution in [0.25, 0.3) is 16.7 Å². The fourth-order valence-corrected chi connectivity index (χ4v) is 2.41. The van der Waals surface area contributed by atoms with Gasteiger partial charge in [0.25, 0.3) is 17.0 Å². The molecule has 0 spiro atoms. The lowest BCUT2D eigenvalue weighted by Gasteiger charge is -2.00. The molecule has 20 heavy (non-hydrogen) atoms. The summed E-state index contributed by atoms with van der Waals surface area (Å²) in [4.78, 5) is 31.0. The number of nitro benzene ring substituents is 1. The first-order chi connectivity index (χ1) is 9.52. The van der Waals surface area contributed by atoms with Crippen molar-refractivity contribution in [1.82, 2.24) is 19.6 Å². The molecule has 8 nitrogen and oxygen atoms in total. The molecule has 0 saturated carbocycles. The van der Waals surface area contributed by atoms with Gasteiger partial charge in [-0.1, -0.05) is 23.4 Å². The monoisotopic (exact) mass is 311 g/mol. The topological polar surface area (TPSA) is 106 Å². The van der Waals surface area contributed by atoms with E-state index in [2.05, 4.69) is 15.1 Å². The predicted octanol–water partition coefficient (Wildman–Crippen LogP) is 1.85. The van der Waals surface area contributed by atoms with E-state index in [9.17, 15) is 14.9 Å². The number of halogens is 1. The van der Waals surface area contributed by atoms with E-state index < -0.39 is 10.5 Å². The molecule has 0 unspecified atom stereocenters. The van der Waals surface area contributed by atoms with Crippen molar-refractivity contribution in [2.24, 2.45) is 0 Å². The van der Waals surface area contributed by atoms with Crippen LogP contribution in [0.1, 0.15) is 0 Å². The number of aromatic amines is 1. The van der Waals surface area contributed by atoms with Crippen LogP contribution in [0, 0.1) is 10.1 Å². The van der Waals surface area contributed by atoms with Gasteiger partial charge in [-0.05, 0) is 12.3 Å². The van der Waals surface area contributed by atoms with Crippen molar-refractivity contribution >= 4 is 45.7 Å². The largest absolute Gasteiger partial charge is 0.288 e. The summed E-state index contributed by atoms with van der Waals surface area (Å²) in [5.74, 6) is 0.120. The summed E-state index contributed by atoms with van der Waals surface area (Å²) in [7, 11) is 0. The van der Waals surface area contributed by atoms with E-state index in [1.165, 1.54) is 23.9 Å². The van der Waals surface area contributed by atoms with Crippen LogP contribution < -0.4 is 5.56 Å². The van der Waals surface area contributed by atoms with Gasteiger partial charge in [0, 0.05) is 6.07 Å². The number of fused-ring (bicyclic) bond motifs is 2. The third-order valence-electron chi connectivity index (χ3n) is 2.73.